The molecule has 0 spiro atoms. The molecule has 0 amide bonds. The van der Waals surface area contributed by atoms with E-state index in [0.29, 0.717) is 22.6 Å². The highest BCUT2D eigenvalue weighted by atomic mass is 16.5. The standard InChI is InChI=1S/C25H21NO4/c1-16-4-8-18(9-5-16)25(28)29-20-12-13-21-22(15-20)30-23(24(21)27)14-17-6-10-19(11-7-17)26(2)3/h4-15H,1-3H3/b23-14-. The Balaban J connectivity index is 1.52. The Labute approximate surface area is 175 Å². The van der Waals surface area contributed by atoms with Crippen molar-refractivity contribution in [1.29, 1.82) is 0 Å². The van der Waals surface area contributed by atoms with E-state index in [1.807, 2.05) is 62.3 Å². The topological polar surface area (TPSA) is 55.8 Å². The number of aryl methyl sites for hydroxylation is 1. The number of Topliss-reactive ketones (excluding diaryl/α,β-unsaturated/α-hetero) is 1. The molecule has 1 aliphatic heterocycles. The van der Waals surface area contributed by atoms with Gasteiger partial charge in [0.25, 0.3) is 0 Å². The van der Waals surface area contributed by atoms with Gasteiger partial charge in [-0.1, -0.05) is 29.8 Å². The second-order valence-electron chi connectivity index (χ2n) is 7.34. The summed E-state index contributed by atoms with van der Waals surface area (Å²) in [6.45, 7) is 1.95. The molecule has 0 radical (unpaired) electrons. The molecule has 0 saturated carbocycles. The molecule has 0 aromatic heterocycles. The van der Waals surface area contributed by atoms with Crippen LogP contribution in [-0.4, -0.2) is 25.8 Å². The van der Waals surface area contributed by atoms with Gasteiger partial charge in [-0.25, -0.2) is 4.79 Å². The van der Waals surface area contributed by atoms with Crippen molar-refractivity contribution in [2.24, 2.45) is 0 Å². The van der Waals surface area contributed by atoms with Crippen molar-refractivity contribution in [2.75, 3.05) is 19.0 Å². The smallest absolute Gasteiger partial charge is 0.343 e. The van der Waals surface area contributed by atoms with Crippen molar-refractivity contribution in [3.63, 3.8) is 0 Å². The molecular weight excluding hydrogens is 378 g/mol. The minimum atomic E-state index is -0.462. The van der Waals surface area contributed by atoms with Gasteiger partial charge in [-0.2, -0.15) is 0 Å². The van der Waals surface area contributed by atoms with Crippen LogP contribution >= 0.6 is 0 Å². The van der Waals surface area contributed by atoms with Gasteiger partial charge in [0.2, 0.25) is 5.78 Å². The number of hydrogen-bond acceptors (Lipinski definition) is 5. The molecule has 1 heterocycles. The summed E-state index contributed by atoms with van der Waals surface area (Å²) in [5.74, 6) is 0.285. The lowest BCUT2D eigenvalue weighted by Crippen LogP contribution is -2.08. The summed E-state index contributed by atoms with van der Waals surface area (Å²) in [6.07, 6.45) is 1.71. The van der Waals surface area contributed by atoms with Crippen LogP contribution in [0.1, 0.15) is 31.8 Å². The van der Waals surface area contributed by atoms with Crippen LogP contribution in [0.5, 0.6) is 11.5 Å². The lowest BCUT2D eigenvalue weighted by molar-refractivity contribution is 0.0734. The summed E-state index contributed by atoms with van der Waals surface area (Å²) in [4.78, 5) is 27.0. The molecule has 3 aromatic rings. The van der Waals surface area contributed by atoms with Gasteiger partial charge in [0.15, 0.2) is 5.76 Å². The normalized spacial score (nSPS) is 13.7. The molecule has 150 valence electrons. The molecule has 30 heavy (non-hydrogen) atoms. The molecule has 0 fully saturated rings. The molecule has 0 unspecified atom stereocenters. The number of rotatable bonds is 4. The highest BCUT2D eigenvalue weighted by molar-refractivity contribution is 6.14. The van der Waals surface area contributed by atoms with Crippen LogP contribution < -0.4 is 14.4 Å². The Hall–Kier alpha value is -3.86. The minimum Gasteiger partial charge on any atom is -0.452 e. The van der Waals surface area contributed by atoms with Crippen LogP contribution in [0, 0.1) is 6.92 Å². The third kappa shape index (κ3) is 3.96. The van der Waals surface area contributed by atoms with E-state index in [1.54, 1.807) is 36.4 Å². The molecule has 0 saturated heterocycles. The molecule has 0 N–H and O–H groups in total. The average molecular weight is 399 g/mol. The first kappa shape index (κ1) is 19.5. The van der Waals surface area contributed by atoms with Gasteiger partial charge in [0, 0.05) is 25.8 Å². The van der Waals surface area contributed by atoms with Crippen molar-refractivity contribution in [3.05, 3.63) is 94.7 Å². The lowest BCUT2D eigenvalue weighted by atomic mass is 10.1. The molecule has 0 aliphatic carbocycles. The number of allylic oxidation sites excluding steroid dienone is 1. The number of hydrogen-bond donors (Lipinski definition) is 0. The van der Waals surface area contributed by atoms with Crippen molar-refractivity contribution in [3.8, 4) is 11.5 Å². The zero-order chi connectivity index (χ0) is 21.3. The Morgan fingerprint density at radius 1 is 0.967 bits per heavy atom. The first-order valence-corrected chi connectivity index (χ1v) is 9.55. The maximum atomic E-state index is 12.7. The summed E-state index contributed by atoms with van der Waals surface area (Å²) in [5, 5.41) is 0. The number of anilines is 1. The van der Waals surface area contributed by atoms with Crippen molar-refractivity contribution >= 4 is 23.5 Å². The van der Waals surface area contributed by atoms with E-state index in [-0.39, 0.29) is 11.5 Å². The number of carbonyl (C=O) groups excluding carboxylic acids is 2. The summed E-state index contributed by atoms with van der Waals surface area (Å²) >= 11 is 0. The number of nitrogens with zero attached hydrogens (tertiary/aromatic N) is 1. The van der Waals surface area contributed by atoms with E-state index in [4.69, 9.17) is 9.47 Å². The van der Waals surface area contributed by atoms with Crippen LogP contribution in [0.2, 0.25) is 0 Å². The molecule has 1 aliphatic rings. The Kier molecular flexibility index (Phi) is 5.11. The molecule has 3 aromatic carbocycles. The minimum absolute atomic E-state index is 0.196. The third-order valence-corrected chi connectivity index (χ3v) is 4.85. The van der Waals surface area contributed by atoms with Gasteiger partial charge < -0.3 is 14.4 Å². The van der Waals surface area contributed by atoms with Gasteiger partial charge in [-0.3, -0.25) is 4.79 Å². The Bertz CT molecular complexity index is 1140. The van der Waals surface area contributed by atoms with Crippen LogP contribution in [0.25, 0.3) is 6.08 Å². The van der Waals surface area contributed by atoms with Crippen LogP contribution in [0.3, 0.4) is 0 Å². The quantitative estimate of drug-likeness (QED) is 0.355. The highest BCUT2D eigenvalue weighted by Gasteiger charge is 2.28. The van der Waals surface area contributed by atoms with Gasteiger partial charge >= 0.3 is 5.97 Å². The second kappa shape index (κ2) is 7.87. The SMILES string of the molecule is Cc1ccc(C(=O)Oc2ccc3c(c2)O/C(=C\c2ccc(N(C)C)cc2)C3=O)cc1. The van der Waals surface area contributed by atoms with Crippen LogP contribution in [0.4, 0.5) is 5.69 Å². The van der Waals surface area contributed by atoms with E-state index in [0.717, 1.165) is 16.8 Å². The number of ether oxygens (including phenoxy) is 2. The zero-order valence-electron chi connectivity index (χ0n) is 17.0. The van der Waals surface area contributed by atoms with Crippen molar-refractivity contribution in [1.82, 2.24) is 0 Å². The molecule has 4 rings (SSSR count). The van der Waals surface area contributed by atoms with E-state index < -0.39 is 5.97 Å². The van der Waals surface area contributed by atoms with Crippen molar-refractivity contribution in [2.45, 2.75) is 6.92 Å². The number of fused-ring (bicyclic) bond motifs is 1. The maximum Gasteiger partial charge on any atom is 0.343 e. The average Bonchev–Trinajstić information content (AvgIpc) is 3.03. The van der Waals surface area contributed by atoms with Crippen molar-refractivity contribution < 1.29 is 19.1 Å². The maximum absolute atomic E-state index is 12.7. The molecular formula is C25H21NO4. The lowest BCUT2D eigenvalue weighted by Gasteiger charge is -2.11. The molecule has 0 bridgehead atoms. The fourth-order valence-corrected chi connectivity index (χ4v) is 3.11. The molecule has 0 atom stereocenters. The number of carbonyl (C=O) groups is 2. The van der Waals surface area contributed by atoms with Gasteiger partial charge in [-0.05, 0) is 55.0 Å². The number of benzene rings is 3. The number of esters is 1. The van der Waals surface area contributed by atoms with E-state index >= 15 is 0 Å². The highest BCUT2D eigenvalue weighted by Crippen LogP contribution is 2.35. The first-order valence-electron chi connectivity index (χ1n) is 9.55. The summed E-state index contributed by atoms with van der Waals surface area (Å²) in [7, 11) is 3.94. The predicted octanol–water partition coefficient (Wildman–Crippen LogP) is 4.90. The molecule has 5 heteroatoms. The summed E-state index contributed by atoms with van der Waals surface area (Å²) < 4.78 is 11.2. The van der Waals surface area contributed by atoms with Gasteiger partial charge in [0.05, 0.1) is 11.1 Å². The monoisotopic (exact) mass is 399 g/mol. The van der Waals surface area contributed by atoms with Crippen LogP contribution in [-0.2, 0) is 0 Å². The fourth-order valence-electron chi connectivity index (χ4n) is 3.11. The molecule has 5 nitrogen and oxygen atoms in total. The van der Waals surface area contributed by atoms with E-state index in [1.165, 1.54) is 0 Å². The largest absolute Gasteiger partial charge is 0.452 e. The van der Waals surface area contributed by atoms with E-state index in [2.05, 4.69) is 0 Å². The third-order valence-electron chi connectivity index (χ3n) is 4.85. The Morgan fingerprint density at radius 2 is 1.67 bits per heavy atom. The second-order valence-corrected chi connectivity index (χ2v) is 7.34. The summed E-state index contributed by atoms with van der Waals surface area (Å²) in [5.41, 5.74) is 3.90. The zero-order valence-corrected chi connectivity index (χ0v) is 17.0. The first-order chi connectivity index (χ1) is 14.4. The number of ketones is 1. The Morgan fingerprint density at radius 3 is 2.33 bits per heavy atom. The predicted molar refractivity (Wildman–Crippen MR) is 116 cm³/mol. The summed E-state index contributed by atoms with van der Waals surface area (Å²) in [6, 6.07) is 19.7. The van der Waals surface area contributed by atoms with Gasteiger partial charge in [-0.15, -0.1) is 0 Å². The fraction of sp³-hybridized carbons (Fsp3) is 0.120. The van der Waals surface area contributed by atoms with Crippen LogP contribution in [0.15, 0.2) is 72.5 Å². The van der Waals surface area contributed by atoms with Gasteiger partial charge in [0.1, 0.15) is 11.5 Å². The van der Waals surface area contributed by atoms with E-state index in [9.17, 15) is 9.59 Å².